The zero-order valence-electron chi connectivity index (χ0n) is 18.0. The highest BCUT2D eigenvalue weighted by molar-refractivity contribution is 7.87. The number of likely N-dealkylation sites (N-methyl/N-ethyl adjacent to an activating group) is 2. The van der Waals surface area contributed by atoms with Gasteiger partial charge in [-0.1, -0.05) is 12.1 Å². The Morgan fingerprint density at radius 3 is 2.13 bits per heavy atom. The number of hydrogen-bond donors (Lipinski definition) is 0. The first kappa shape index (κ1) is 23.4. The lowest BCUT2D eigenvalue weighted by Crippen LogP contribution is -2.41. The molecule has 0 unspecified atom stereocenters. The Balaban J connectivity index is 2.11. The Morgan fingerprint density at radius 1 is 0.967 bits per heavy atom. The number of nitrogens with zero attached hydrogens (tertiary/aromatic N) is 2. The van der Waals surface area contributed by atoms with Crippen molar-refractivity contribution in [2.24, 2.45) is 0 Å². The lowest BCUT2D eigenvalue weighted by molar-refractivity contribution is -0.131. The summed E-state index contributed by atoms with van der Waals surface area (Å²) in [6, 6.07) is 10.9. The second-order valence-corrected chi connectivity index (χ2v) is 8.57. The fourth-order valence-electron chi connectivity index (χ4n) is 2.97. The van der Waals surface area contributed by atoms with Crippen LogP contribution in [0.25, 0.3) is 0 Å². The van der Waals surface area contributed by atoms with E-state index >= 15 is 0 Å². The minimum Gasteiger partial charge on any atom is -0.379 e. The molecule has 2 amide bonds. The van der Waals surface area contributed by atoms with Gasteiger partial charge in [-0.3, -0.25) is 9.59 Å². The average molecular weight is 433 g/mol. The molecule has 162 valence electrons. The first-order valence-corrected chi connectivity index (χ1v) is 11.1. The molecule has 0 fully saturated rings. The van der Waals surface area contributed by atoms with E-state index in [1.54, 1.807) is 37.9 Å². The van der Waals surface area contributed by atoms with Crippen molar-refractivity contribution >= 4 is 21.9 Å². The third-order valence-corrected chi connectivity index (χ3v) is 6.15. The van der Waals surface area contributed by atoms with Crippen molar-refractivity contribution < 1.29 is 22.2 Å². The predicted molar refractivity (Wildman–Crippen MR) is 115 cm³/mol. The van der Waals surface area contributed by atoms with Crippen LogP contribution in [0.4, 0.5) is 0 Å². The Bertz CT molecular complexity index is 1010. The highest BCUT2D eigenvalue weighted by Crippen LogP contribution is 2.23. The summed E-state index contributed by atoms with van der Waals surface area (Å²) in [6.07, 6.45) is 0. The van der Waals surface area contributed by atoms with Gasteiger partial charge >= 0.3 is 10.1 Å². The number of amides is 2. The van der Waals surface area contributed by atoms with Gasteiger partial charge in [0.05, 0.1) is 6.54 Å². The van der Waals surface area contributed by atoms with Crippen molar-refractivity contribution in [3.63, 3.8) is 0 Å². The number of rotatable bonds is 8. The number of carbonyl (C=O) groups excluding carboxylic acids is 2. The average Bonchev–Trinajstić information content (AvgIpc) is 2.70. The minimum absolute atomic E-state index is 0.0280. The summed E-state index contributed by atoms with van der Waals surface area (Å²) in [5, 5.41) is 0. The van der Waals surface area contributed by atoms with Crippen LogP contribution in [-0.2, 0) is 14.9 Å². The van der Waals surface area contributed by atoms with E-state index in [-0.39, 0.29) is 29.0 Å². The molecule has 0 saturated heterocycles. The largest absolute Gasteiger partial charge is 0.379 e. The van der Waals surface area contributed by atoms with E-state index in [0.717, 1.165) is 5.56 Å². The quantitative estimate of drug-likeness (QED) is 0.599. The predicted octanol–water partition coefficient (Wildman–Crippen LogP) is 3.01. The molecular formula is C22H28N2O5S. The highest BCUT2D eigenvalue weighted by atomic mass is 32.2. The molecule has 0 heterocycles. The molecule has 2 aromatic carbocycles. The summed E-state index contributed by atoms with van der Waals surface area (Å²) in [5.74, 6) is -0.357. The monoisotopic (exact) mass is 432 g/mol. The molecule has 2 aromatic rings. The maximum Gasteiger partial charge on any atom is 0.339 e. The van der Waals surface area contributed by atoms with Crippen molar-refractivity contribution in [1.82, 2.24) is 9.80 Å². The molecule has 0 aliphatic rings. The van der Waals surface area contributed by atoms with Gasteiger partial charge in [-0.15, -0.1) is 0 Å². The second-order valence-electron chi connectivity index (χ2n) is 7.06. The van der Waals surface area contributed by atoms with Crippen LogP contribution in [0.1, 0.15) is 35.3 Å². The van der Waals surface area contributed by atoms with E-state index in [2.05, 4.69) is 0 Å². The van der Waals surface area contributed by atoms with Gasteiger partial charge < -0.3 is 14.0 Å². The lowest BCUT2D eigenvalue weighted by Gasteiger charge is -2.23. The van der Waals surface area contributed by atoms with Crippen molar-refractivity contribution in [3.05, 3.63) is 59.2 Å². The molecular weight excluding hydrogens is 404 g/mol. The minimum atomic E-state index is -3.99. The second kappa shape index (κ2) is 9.75. The molecule has 0 aliphatic carbocycles. The number of benzene rings is 2. The molecule has 0 aromatic heterocycles. The van der Waals surface area contributed by atoms with Crippen LogP contribution in [0.3, 0.4) is 0 Å². The van der Waals surface area contributed by atoms with Crippen LogP contribution in [-0.4, -0.2) is 56.7 Å². The molecule has 0 bridgehead atoms. The Kier molecular flexibility index (Phi) is 7.61. The van der Waals surface area contributed by atoms with Crippen LogP contribution in [0, 0.1) is 13.8 Å². The van der Waals surface area contributed by atoms with Crippen molar-refractivity contribution in [2.45, 2.75) is 32.6 Å². The van der Waals surface area contributed by atoms with Crippen molar-refractivity contribution in [1.29, 1.82) is 0 Å². The fraction of sp³-hybridized carbons (Fsp3) is 0.364. The molecule has 0 N–H and O–H groups in total. The summed E-state index contributed by atoms with van der Waals surface area (Å²) >= 11 is 0. The van der Waals surface area contributed by atoms with Gasteiger partial charge in [-0.05, 0) is 69.2 Å². The Labute approximate surface area is 178 Å². The molecule has 0 atom stereocenters. The summed E-state index contributed by atoms with van der Waals surface area (Å²) in [5.41, 5.74) is 1.74. The van der Waals surface area contributed by atoms with E-state index in [0.29, 0.717) is 24.2 Å². The van der Waals surface area contributed by atoms with Gasteiger partial charge in [0.25, 0.3) is 5.91 Å². The van der Waals surface area contributed by atoms with Crippen LogP contribution in [0.5, 0.6) is 5.75 Å². The molecule has 30 heavy (non-hydrogen) atoms. The van der Waals surface area contributed by atoms with Crippen LogP contribution in [0.15, 0.2) is 47.4 Å². The standard InChI is InChI=1S/C22H28N2O5S/c1-6-24(7-2)21(25)15-23(5)22(26)18-10-12-19(13-11-18)29-30(27,28)20-14-16(3)8-9-17(20)4/h8-14H,6-7,15H2,1-5H3. The summed E-state index contributed by atoms with van der Waals surface area (Å²) < 4.78 is 30.4. The Hall–Kier alpha value is -2.87. The van der Waals surface area contributed by atoms with E-state index in [9.17, 15) is 18.0 Å². The topological polar surface area (TPSA) is 84.0 Å². The maximum absolute atomic E-state index is 12.6. The normalized spacial score (nSPS) is 11.1. The third kappa shape index (κ3) is 5.60. The Morgan fingerprint density at radius 2 is 1.57 bits per heavy atom. The molecule has 0 aliphatic heterocycles. The first-order chi connectivity index (χ1) is 14.1. The number of carbonyl (C=O) groups is 2. The van der Waals surface area contributed by atoms with Gasteiger partial charge in [0.1, 0.15) is 10.6 Å². The summed E-state index contributed by atoms with van der Waals surface area (Å²) in [4.78, 5) is 27.9. The van der Waals surface area contributed by atoms with Crippen LogP contribution >= 0.6 is 0 Å². The van der Waals surface area contributed by atoms with E-state index < -0.39 is 10.1 Å². The maximum atomic E-state index is 12.6. The van der Waals surface area contributed by atoms with Gasteiger partial charge in [-0.2, -0.15) is 8.42 Å². The van der Waals surface area contributed by atoms with E-state index in [1.165, 1.54) is 29.2 Å². The van der Waals surface area contributed by atoms with E-state index in [4.69, 9.17) is 4.18 Å². The van der Waals surface area contributed by atoms with Gasteiger partial charge in [0.15, 0.2) is 0 Å². The smallest absolute Gasteiger partial charge is 0.339 e. The zero-order chi connectivity index (χ0) is 22.5. The highest BCUT2D eigenvalue weighted by Gasteiger charge is 2.21. The van der Waals surface area contributed by atoms with E-state index in [1.807, 2.05) is 19.9 Å². The molecule has 0 spiro atoms. The van der Waals surface area contributed by atoms with Crippen molar-refractivity contribution in [2.75, 3.05) is 26.7 Å². The van der Waals surface area contributed by atoms with Gasteiger partial charge in [0.2, 0.25) is 5.91 Å². The molecule has 8 heteroatoms. The van der Waals surface area contributed by atoms with Crippen LogP contribution < -0.4 is 4.18 Å². The van der Waals surface area contributed by atoms with Gasteiger partial charge in [-0.25, -0.2) is 0 Å². The number of aryl methyl sites for hydroxylation is 2. The third-order valence-electron chi connectivity index (χ3n) is 4.76. The zero-order valence-corrected chi connectivity index (χ0v) is 18.8. The first-order valence-electron chi connectivity index (χ1n) is 9.74. The molecule has 0 saturated carbocycles. The fourth-order valence-corrected chi connectivity index (χ4v) is 4.22. The summed E-state index contributed by atoms with van der Waals surface area (Å²) in [6.45, 7) is 8.41. The SMILES string of the molecule is CCN(CC)C(=O)CN(C)C(=O)c1ccc(OS(=O)(=O)c2cc(C)ccc2C)cc1. The molecule has 0 radical (unpaired) electrons. The summed E-state index contributed by atoms with van der Waals surface area (Å²) in [7, 11) is -2.44. The molecule has 7 nitrogen and oxygen atoms in total. The lowest BCUT2D eigenvalue weighted by atomic mass is 10.2. The van der Waals surface area contributed by atoms with Crippen LogP contribution in [0.2, 0.25) is 0 Å². The van der Waals surface area contributed by atoms with Crippen molar-refractivity contribution in [3.8, 4) is 5.75 Å². The number of hydrogen-bond acceptors (Lipinski definition) is 5. The van der Waals surface area contributed by atoms with Gasteiger partial charge in [0, 0.05) is 25.7 Å². The molecule has 2 rings (SSSR count).